The summed E-state index contributed by atoms with van der Waals surface area (Å²) in [4.78, 5) is 10.5. The molecule has 0 radical (unpaired) electrons. The standard InChI is InChI=1S/C6H5NO2S/c7-3-6(5(8)9)1-2-10-4-6/h1-2H,4H2,(H,8,9). The zero-order valence-electron chi connectivity index (χ0n) is 5.07. The van der Waals surface area contributed by atoms with Crippen LogP contribution in [0.3, 0.4) is 0 Å². The minimum Gasteiger partial charge on any atom is -0.480 e. The lowest BCUT2D eigenvalue weighted by Crippen LogP contribution is -2.27. The van der Waals surface area contributed by atoms with Crippen molar-refractivity contribution in [2.75, 3.05) is 5.75 Å². The second-order valence-corrected chi connectivity index (χ2v) is 2.90. The van der Waals surface area contributed by atoms with Gasteiger partial charge in [-0.2, -0.15) is 5.26 Å². The van der Waals surface area contributed by atoms with Gasteiger partial charge in [-0.3, -0.25) is 4.79 Å². The van der Waals surface area contributed by atoms with Gasteiger partial charge in [0, 0.05) is 5.75 Å². The highest BCUT2D eigenvalue weighted by atomic mass is 32.2. The highest BCUT2D eigenvalue weighted by molar-refractivity contribution is 8.02. The van der Waals surface area contributed by atoms with Crippen molar-refractivity contribution >= 4 is 17.7 Å². The van der Waals surface area contributed by atoms with Gasteiger partial charge >= 0.3 is 5.97 Å². The number of nitriles is 1. The fourth-order valence-electron chi connectivity index (χ4n) is 0.642. The Kier molecular flexibility index (Phi) is 1.68. The number of carbonyl (C=O) groups is 1. The molecule has 1 unspecified atom stereocenters. The maximum Gasteiger partial charge on any atom is 0.328 e. The van der Waals surface area contributed by atoms with Gasteiger partial charge in [-0.15, -0.1) is 11.8 Å². The molecule has 1 N–H and O–H groups in total. The molecule has 4 heteroatoms. The van der Waals surface area contributed by atoms with E-state index in [9.17, 15) is 4.79 Å². The third-order valence-electron chi connectivity index (χ3n) is 1.34. The molecule has 3 nitrogen and oxygen atoms in total. The summed E-state index contributed by atoms with van der Waals surface area (Å²) in [5.74, 6) is -0.727. The molecular weight excluding hydrogens is 150 g/mol. The van der Waals surface area contributed by atoms with Crippen LogP contribution in [0.5, 0.6) is 0 Å². The fraction of sp³-hybridized carbons (Fsp3) is 0.333. The third kappa shape index (κ3) is 0.888. The van der Waals surface area contributed by atoms with Crippen LogP contribution in [0.25, 0.3) is 0 Å². The van der Waals surface area contributed by atoms with Crippen molar-refractivity contribution in [3.8, 4) is 6.07 Å². The van der Waals surface area contributed by atoms with Crippen LogP contribution in [0, 0.1) is 16.7 Å². The van der Waals surface area contributed by atoms with Crippen LogP contribution in [0.4, 0.5) is 0 Å². The Hall–Kier alpha value is -0.950. The molecule has 0 saturated heterocycles. The third-order valence-corrected chi connectivity index (χ3v) is 2.29. The smallest absolute Gasteiger partial charge is 0.328 e. The van der Waals surface area contributed by atoms with Crippen molar-refractivity contribution in [2.45, 2.75) is 0 Å². The fourth-order valence-corrected chi connectivity index (χ4v) is 1.61. The largest absolute Gasteiger partial charge is 0.480 e. The second kappa shape index (κ2) is 2.35. The van der Waals surface area contributed by atoms with Gasteiger partial charge in [0.2, 0.25) is 0 Å². The molecule has 0 saturated carbocycles. The molecule has 1 rings (SSSR count). The topological polar surface area (TPSA) is 61.1 Å². The molecule has 0 fully saturated rings. The maximum absolute atomic E-state index is 10.5. The summed E-state index contributed by atoms with van der Waals surface area (Å²) in [7, 11) is 0. The van der Waals surface area contributed by atoms with E-state index in [4.69, 9.17) is 10.4 Å². The predicted molar refractivity (Wildman–Crippen MR) is 37.3 cm³/mol. The Morgan fingerprint density at radius 3 is 2.80 bits per heavy atom. The molecule has 1 aliphatic heterocycles. The molecule has 0 spiro atoms. The number of nitrogens with zero attached hydrogens (tertiary/aromatic N) is 1. The SMILES string of the molecule is N#CC1(C(=O)O)C=CSC1. The van der Waals surface area contributed by atoms with Crippen LogP contribution < -0.4 is 0 Å². The monoisotopic (exact) mass is 155 g/mol. The van der Waals surface area contributed by atoms with E-state index in [2.05, 4.69) is 0 Å². The molecule has 0 aromatic carbocycles. The van der Waals surface area contributed by atoms with Crippen molar-refractivity contribution in [1.82, 2.24) is 0 Å². The van der Waals surface area contributed by atoms with E-state index < -0.39 is 11.4 Å². The van der Waals surface area contributed by atoms with Gasteiger partial charge in [-0.05, 0) is 11.5 Å². The van der Waals surface area contributed by atoms with Gasteiger partial charge in [0.1, 0.15) is 0 Å². The summed E-state index contributed by atoms with van der Waals surface area (Å²) in [6.45, 7) is 0. The maximum atomic E-state index is 10.5. The minimum absolute atomic E-state index is 0.332. The number of hydrogen-bond donors (Lipinski definition) is 1. The molecule has 0 aromatic heterocycles. The molecule has 10 heavy (non-hydrogen) atoms. The van der Waals surface area contributed by atoms with Gasteiger partial charge < -0.3 is 5.11 Å². The second-order valence-electron chi connectivity index (χ2n) is 2.00. The molecular formula is C6H5NO2S. The summed E-state index contributed by atoms with van der Waals surface area (Å²) >= 11 is 1.35. The number of carboxylic acid groups (broad SMARTS) is 1. The molecule has 0 aliphatic carbocycles. The zero-order chi connectivity index (χ0) is 7.61. The van der Waals surface area contributed by atoms with Gasteiger partial charge in [0.15, 0.2) is 5.41 Å². The number of aliphatic carboxylic acids is 1. The normalized spacial score (nSPS) is 29.9. The van der Waals surface area contributed by atoms with Crippen molar-refractivity contribution in [2.24, 2.45) is 5.41 Å². The lowest BCUT2D eigenvalue weighted by Gasteiger charge is -2.09. The average molecular weight is 155 g/mol. The Morgan fingerprint density at radius 1 is 1.90 bits per heavy atom. The first-order valence-corrected chi connectivity index (χ1v) is 3.70. The number of carboxylic acids is 1. The Balaban J connectivity index is 2.92. The van der Waals surface area contributed by atoms with E-state index in [-0.39, 0.29) is 0 Å². The molecule has 0 bridgehead atoms. The van der Waals surface area contributed by atoms with E-state index in [1.807, 2.05) is 0 Å². The summed E-state index contributed by atoms with van der Waals surface area (Å²) < 4.78 is 0. The summed E-state index contributed by atoms with van der Waals surface area (Å²) in [5, 5.41) is 18.7. The van der Waals surface area contributed by atoms with E-state index in [1.165, 1.54) is 17.8 Å². The van der Waals surface area contributed by atoms with Gasteiger partial charge in [0.25, 0.3) is 0 Å². The molecule has 0 amide bonds. The van der Waals surface area contributed by atoms with E-state index >= 15 is 0 Å². The van der Waals surface area contributed by atoms with E-state index in [0.717, 1.165) is 0 Å². The summed E-state index contributed by atoms with van der Waals surface area (Å²) in [6, 6.07) is 1.77. The van der Waals surface area contributed by atoms with E-state index in [0.29, 0.717) is 5.75 Å². The number of hydrogen-bond acceptors (Lipinski definition) is 3. The first-order chi connectivity index (χ1) is 4.71. The first kappa shape index (κ1) is 7.16. The van der Waals surface area contributed by atoms with Crippen molar-refractivity contribution in [1.29, 1.82) is 5.26 Å². The van der Waals surface area contributed by atoms with Crippen LogP contribution in [0.2, 0.25) is 0 Å². The Labute approximate surface area is 62.3 Å². The van der Waals surface area contributed by atoms with Crippen molar-refractivity contribution < 1.29 is 9.90 Å². The van der Waals surface area contributed by atoms with Crippen LogP contribution >= 0.6 is 11.8 Å². The van der Waals surface area contributed by atoms with Crippen molar-refractivity contribution in [3.63, 3.8) is 0 Å². The van der Waals surface area contributed by atoms with Crippen LogP contribution in [0.15, 0.2) is 11.5 Å². The molecule has 52 valence electrons. The predicted octanol–water partition coefficient (Wildman–Crippen LogP) is 0.841. The highest BCUT2D eigenvalue weighted by Gasteiger charge is 2.38. The Bertz CT molecular complexity index is 230. The molecule has 0 aromatic rings. The number of thioether (sulfide) groups is 1. The average Bonchev–Trinajstić information content (AvgIpc) is 2.35. The summed E-state index contributed by atoms with van der Waals surface area (Å²) in [6.07, 6.45) is 1.43. The van der Waals surface area contributed by atoms with Crippen molar-refractivity contribution in [3.05, 3.63) is 11.5 Å². The molecule has 1 heterocycles. The van der Waals surface area contributed by atoms with Crippen LogP contribution in [-0.4, -0.2) is 16.8 Å². The first-order valence-electron chi connectivity index (χ1n) is 2.65. The van der Waals surface area contributed by atoms with E-state index in [1.54, 1.807) is 11.5 Å². The molecule has 1 atom stereocenters. The highest BCUT2D eigenvalue weighted by Crippen LogP contribution is 2.32. The van der Waals surface area contributed by atoms with Crippen LogP contribution in [0.1, 0.15) is 0 Å². The summed E-state index contributed by atoms with van der Waals surface area (Å²) in [5.41, 5.74) is -1.26. The number of rotatable bonds is 1. The van der Waals surface area contributed by atoms with Gasteiger partial charge in [-0.25, -0.2) is 0 Å². The lowest BCUT2D eigenvalue weighted by molar-refractivity contribution is -0.142. The quantitative estimate of drug-likeness (QED) is 0.609. The molecule has 1 aliphatic rings. The minimum atomic E-state index is -1.26. The van der Waals surface area contributed by atoms with Gasteiger partial charge in [-0.1, -0.05) is 0 Å². The van der Waals surface area contributed by atoms with Gasteiger partial charge in [0.05, 0.1) is 6.07 Å². The lowest BCUT2D eigenvalue weighted by atomic mass is 9.93. The zero-order valence-corrected chi connectivity index (χ0v) is 5.89. The van der Waals surface area contributed by atoms with Crippen LogP contribution in [-0.2, 0) is 4.79 Å². The Morgan fingerprint density at radius 2 is 2.60 bits per heavy atom.